The molecule has 1 saturated heterocycles. The Morgan fingerprint density at radius 2 is 2.11 bits per heavy atom. The molecule has 1 fully saturated rings. The van der Waals surface area contributed by atoms with Crippen LogP contribution < -0.4 is 0 Å². The highest BCUT2D eigenvalue weighted by atomic mass is 16.6. The number of aliphatic hydroxyl groups excluding tert-OH is 1. The zero-order valence-corrected chi connectivity index (χ0v) is 10.1. The molecule has 2 rings (SSSR count). The zero-order chi connectivity index (χ0) is 13.0. The lowest BCUT2D eigenvalue weighted by molar-refractivity contribution is -0.00594. The van der Waals surface area contributed by atoms with Crippen molar-refractivity contribution in [1.82, 2.24) is 4.90 Å². The van der Waals surface area contributed by atoms with Crippen molar-refractivity contribution >= 4 is 6.09 Å². The van der Waals surface area contributed by atoms with Crippen LogP contribution in [0, 0.1) is 0 Å². The summed E-state index contributed by atoms with van der Waals surface area (Å²) in [7, 11) is 0. The first-order valence-electron chi connectivity index (χ1n) is 5.92. The van der Waals surface area contributed by atoms with Gasteiger partial charge in [0.05, 0.1) is 13.2 Å². The fraction of sp³-hybridized carbons (Fsp3) is 0.462. The maximum atomic E-state index is 11.7. The van der Waals surface area contributed by atoms with Crippen molar-refractivity contribution in [2.75, 3.05) is 19.7 Å². The molecule has 0 bridgehead atoms. The molecule has 5 nitrogen and oxygen atoms in total. The third-order valence-corrected chi connectivity index (χ3v) is 3.09. The summed E-state index contributed by atoms with van der Waals surface area (Å²) < 4.78 is 5.14. The molecule has 0 spiro atoms. The summed E-state index contributed by atoms with van der Waals surface area (Å²) in [5, 5.41) is 18.8. The van der Waals surface area contributed by atoms with Crippen LogP contribution in [-0.2, 0) is 11.3 Å². The number of hydrogen-bond acceptors (Lipinski definition) is 4. The van der Waals surface area contributed by atoms with Crippen LogP contribution in [0.4, 0.5) is 4.79 Å². The number of likely N-dealkylation sites (tertiary alicyclic amines) is 1. The van der Waals surface area contributed by atoms with Crippen LogP contribution in [0.15, 0.2) is 30.3 Å². The Labute approximate surface area is 106 Å². The Morgan fingerprint density at radius 3 is 2.72 bits per heavy atom. The predicted octanol–water partition coefficient (Wildman–Crippen LogP) is 0.752. The van der Waals surface area contributed by atoms with Gasteiger partial charge in [-0.05, 0) is 12.0 Å². The van der Waals surface area contributed by atoms with Crippen molar-refractivity contribution in [3.05, 3.63) is 35.9 Å². The number of carbonyl (C=O) groups is 1. The molecule has 1 aromatic carbocycles. The Balaban J connectivity index is 1.83. The minimum absolute atomic E-state index is 0.122. The molecule has 0 aromatic heterocycles. The summed E-state index contributed by atoms with van der Waals surface area (Å²) >= 11 is 0. The van der Waals surface area contributed by atoms with Gasteiger partial charge >= 0.3 is 6.09 Å². The van der Waals surface area contributed by atoms with Gasteiger partial charge in [-0.3, -0.25) is 0 Å². The van der Waals surface area contributed by atoms with Gasteiger partial charge in [0, 0.05) is 6.54 Å². The van der Waals surface area contributed by atoms with Gasteiger partial charge in [0.15, 0.2) is 0 Å². The SMILES string of the molecule is O=C(OCc1ccccc1)N1CC[C@@](O)(CO)C1. The molecule has 1 amide bonds. The van der Waals surface area contributed by atoms with E-state index in [1.807, 2.05) is 30.3 Å². The largest absolute Gasteiger partial charge is 0.445 e. The maximum Gasteiger partial charge on any atom is 0.410 e. The van der Waals surface area contributed by atoms with Gasteiger partial charge in [-0.25, -0.2) is 4.79 Å². The lowest BCUT2D eigenvalue weighted by atomic mass is 10.1. The van der Waals surface area contributed by atoms with Gasteiger partial charge in [-0.2, -0.15) is 0 Å². The van der Waals surface area contributed by atoms with Crippen LogP contribution in [0.25, 0.3) is 0 Å². The fourth-order valence-electron chi connectivity index (χ4n) is 1.95. The van der Waals surface area contributed by atoms with Crippen LogP contribution in [0.1, 0.15) is 12.0 Å². The van der Waals surface area contributed by atoms with E-state index in [0.29, 0.717) is 13.0 Å². The highest BCUT2D eigenvalue weighted by Gasteiger charge is 2.38. The molecular weight excluding hydrogens is 234 g/mol. The monoisotopic (exact) mass is 251 g/mol. The molecule has 1 aliphatic heterocycles. The van der Waals surface area contributed by atoms with Crippen molar-refractivity contribution in [2.24, 2.45) is 0 Å². The van der Waals surface area contributed by atoms with Gasteiger partial charge in [0.2, 0.25) is 0 Å². The third-order valence-electron chi connectivity index (χ3n) is 3.09. The van der Waals surface area contributed by atoms with Crippen molar-refractivity contribution in [2.45, 2.75) is 18.6 Å². The number of carbonyl (C=O) groups excluding carboxylic acids is 1. The first kappa shape index (κ1) is 12.9. The maximum absolute atomic E-state index is 11.7. The van der Waals surface area contributed by atoms with Crippen LogP contribution in [0.2, 0.25) is 0 Å². The molecule has 0 aliphatic carbocycles. The Hall–Kier alpha value is -1.59. The van der Waals surface area contributed by atoms with E-state index in [1.54, 1.807) is 0 Å². The van der Waals surface area contributed by atoms with E-state index in [-0.39, 0.29) is 19.8 Å². The zero-order valence-electron chi connectivity index (χ0n) is 10.1. The number of amides is 1. The quantitative estimate of drug-likeness (QED) is 0.831. The fourth-order valence-corrected chi connectivity index (χ4v) is 1.95. The average Bonchev–Trinajstić information content (AvgIpc) is 2.81. The van der Waals surface area contributed by atoms with Gasteiger partial charge < -0.3 is 19.8 Å². The van der Waals surface area contributed by atoms with E-state index in [9.17, 15) is 9.90 Å². The summed E-state index contributed by atoms with van der Waals surface area (Å²) in [6.45, 7) is 0.408. The van der Waals surface area contributed by atoms with Crippen LogP contribution >= 0.6 is 0 Å². The van der Waals surface area contributed by atoms with Crippen molar-refractivity contribution < 1.29 is 19.7 Å². The molecule has 0 saturated carbocycles. The van der Waals surface area contributed by atoms with Crippen LogP contribution in [0.5, 0.6) is 0 Å². The summed E-state index contributed by atoms with van der Waals surface area (Å²) in [5.41, 5.74) is -0.256. The van der Waals surface area contributed by atoms with Crippen molar-refractivity contribution in [3.8, 4) is 0 Å². The summed E-state index contributed by atoms with van der Waals surface area (Å²) in [6.07, 6.45) is -0.0764. The number of hydrogen-bond donors (Lipinski definition) is 2. The number of benzene rings is 1. The number of nitrogens with zero attached hydrogens (tertiary/aromatic N) is 1. The minimum atomic E-state index is -1.17. The number of β-amino-alcohol motifs (C(OH)–C–C–N with tert-alkyl or cyclic N) is 1. The first-order valence-corrected chi connectivity index (χ1v) is 5.92. The molecule has 0 unspecified atom stereocenters. The molecule has 18 heavy (non-hydrogen) atoms. The molecule has 98 valence electrons. The second kappa shape index (κ2) is 5.37. The molecule has 1 atom stereocenters. The highest BCUT2D eigenvalue weighted by Crippen LogP contribution is 2.21. The predicted molar refractivity (Wildman–Crippen MR) is 64.9 cm³/mol. The third kappa shape index (κ3) is 3.00. The van der Waals surface area contributed by atoms with Gasteiger partial charge in [0.1, 0.15) is 12.2 Å². The molecule has 1 heterocycles. The molecule has 1 aliphatic rings. The van der Waals surface area contributed by atoms with Crippen LogP contribution in [-0.4, -0.2) is 46.5 Å². The Morgan fingerprint density at radius 1 is 1.39 bits per heavy atom. The lowest BCUT2D eigenvalue weighted by Crippen LogP contribution is -2.38. The van der Waals surface area contributed by atoms with Gasteiger partial charge in [-0.15, -0.1) is 0 Å². The standard InChI is InChI=1S/C13H17NO4/c15-10-13(17)6-7-14(9-13)12(16)18-8-11-4-2-1-3-5-11/h1-5,15,17H,6-10H2/t13-/m0/s1. The second-order valence-electron chi connectivity index (χ2n) is 4.59. The highest BCUT2D eigenvalue weighted by molar-refractivity contribution is 5.68. The summed E-state index contributed by atoms with van der Waals surface area (Å²) in [4.78, 5) is 13.1. The molecule has 5 heteroatoms. The van der Waals surface area contributed by atoms with Gasteiger partial charge in [0.25, 0.3) is 0 Å². The van der Waals surface area contributed by atoms with E-state index in [2.05, 4.69) is 0 Å². The van der Waals surface area contributed by atoms with Gasteiger partial charge in [-0.1, -0.05) is 30.3 Å². The van der Waals surface area contributed by atoms with E-state index in [0.717, 1.165) is 5.56 Å². The minimum Gasteiger partial charge on any atom is -0.445 e. The molecular formula is C13H17NO4. The normalized spacial score (nSPS) is 23.1. The van der Waals surface area contributed by atoms with Crippen LogP contribution in [0.3, 0.4) is 0 Å². The summed E-state index contributed by atoms with van der Waals surface area (Å²) in [5.74, 6) is 0. The molecule has 1 aromatic rings. The van der Waals surface area contributed by atoms with E-state index in [4.69, 9.17) is 9.84 Å². The van der Waals surface area contributed by atoms with E-state index in [1.165, 1.54) is 4.90 Å². The molecule has 0 radical (unpaired) electrons. The lowest BCUT2D eigenvalue weighted by Gasteiger charge is -2.20. The van der Waals surface area contributed by atoms with Crippen molar-refractivity contribution in [3.63, 3.8) is 0 Å². The Kier molecular flexibility index (Phi) is 3.84. The second-order valence-corrected chi connectivity index (χ2v) is 4.59. The summed E-state index contributed by atoms with van der Waals surface area (Å²) in [6, 6.07) is 9.41. The number of ether oxygens (including phenoxy) is 1. The smallest absolute Gasteiger partial charge is 0.410 e. The topological polar surface area (TPSA) is 70.0 Å². The number of rotatable bonds is 3. The van der Waals surface area contributed by atoms with E-state index >= 15 is 0 Å². The Bertz CT molecular complexity index is 409. The average molecular weight is 251 g/mol. The van der Waals surface area contributed by atoms with E-state index < -0.39 is 11.7 Å². The molecule has 2 N–H and O–H groups in total. The first-order chi connectivity index (χ1) is 8.63. The van der Waals surface area contributed by atoms with Crippen molar-refractivity contribution in [1.29, 1.82) is 0 Å². The number of aliphatic hydroxyl groups is 2.